The third-order valence-electron chi connectivity index (χ3n) is 3.64. The number of benzene rings is 1. The fraction of sp³-hybridized carbons (Fsp3) is 0.500. The van der Waals surface area contributed by atoms with E-state index in [1.165, 1.54) is 0 Å². The topological polar surface area (TPSA) is 47.9 Å². The Morgan fingerprint density at radius 3 is 1.72 bits per heavy atom. The van der Waals surface area contributed by atoms with E-state index < -0.39 is 44.2 Å². The molecule has 0 aliphatic rings. The standard InChI is InChI=1S/C16H34O4Si5/c1-15(2)24(17,18-21(3)4)14-25(19-22(5)6,20-23(7)8)16-12-10-9-11-13-16/h9-13,17,21-23H,1,14H2,2-8H3. The van der Waals surface area contributed by atoms with Gasteiger partial charge in [0.2, 0.25) is 0 Å². The van der Waals surface area contributed by atoms with Gasteiger partial charge in [-0.25, -0.2) is 0 Å². The molecule has 0 spiro atoms. The van der Waals surface area contributed by atoms with Crippen molar-refractivity contribution in [1.29, 1.82) is 0 Å². The summed E-state index contributed by atoms with van der Waals surface area (Å²) in [5.74, 6) is 0. The van der Waals surface area contributed by atoms with E-state index in [2.05, 4.69) is 58.0 Å². The molecular weight excluding hydrogens is 397 g/mol. The van der Waals surface area contributed by atoms with Gasteiger partial charge in [-0.1, -0.05) is 36.9 Å². The van der Waals surface area contributed by atoms with E-state index >= 15 is 0 Å². The first kappa shape index (κ1) is 22.9. The van der Waals surface area contributed by atoms with E-state index in [-0.39, 0.29) is 0 Å². The predicted octanol–water partition coefficient (Wildman–Crippen LogP) is 2.42. The second-order valence-electron chi connectivity index (χ2n) is 7.36. The first-order valence-corrected chi connectivity index (χ1v) is 21.4. The molecule has 25 heavy (non-hydrogen) atoms. The molecule has 0 aromatic heterocycles. The van der Waals surface area contributed by atoms with E-state index in [4.69, 9.17) is 12.3 Å². The lowest BCUT2D eigenvalue weighted by Crippen LogP contribution is -2.64. The lowest BCUT2D eigenvalue weighted by atomic mass is 10.4. The van der Waals surface area contributed by atoms with E-state index in [1.807, 2.05) is 25.1 Å². The Hall–Kier alpha value is -0.116. The highest BCUT2D eigenvalue weighted by Gasteiger charge is 2.52. The Kier molecular flexibility index (Phi) is 8.91. The third-order valence-corrected chi connectivity index (χ3v) is 20.2. The minimum atomic E-state index is -3.12. The Morgan fingerprint density at radius 2 is 1.36 bits per heavy atom. The molecule has 1 N–H and O–H groups in total. The van der Waals surface area contributed by atoms with Crippen LogP contribution in [0, 0.1) is 0 Å². The monoisotopic (exact) mass is 430 g/mol. The molecule has 142 valence electrons. The zero-order valence-corrected chi connectivity index (χ0v) is 22.2. The van der Waals surface area contributed by atoms with Crippen molar-refractivity contribution in [3.8, 4) is 0 Å². The molecule has 4 nitrogen and oxygen atoms in total. The quantitative estimate of drug-likeness (QED) is 0.579. The molecular formula is C16H34O4Si5. The molecule has 0 aliphatic heterocycles. The Labute approximate surface area is 160 Å². The van der Waals surface area contributed by atoms with Crippen molar-refractivity contribution < 1.29 is 17.1 Å². The van der Waals surface area contributed by atoms with Gasteiger partial charge < -0.3 is 17.1 Å². The fourth-order valence-electron chi connectivity index (χ4n) is 2.80. The van der Waals surface area contributed by atoms with Crippen molar-refractivity contribution in [2.75, 3.05) is 0 Å². The van der Waals surface area contributed by atoms with Crippen LogP contribution in [-0.2, 0) is 12.3 Å². The molecule has 0 aliphatic carbocycles. The van der Waals surface area contributed by atoms with Crippen molar-refractivity contribution in [1.82, 2.24) is 0 Å². The Morgan fingerprint density at radius 1 is 0.920 bits per heavy atom. The van der Waals surface area contributed by atoms with Gasteiger partial charge in [0, 0.05) is 5.67 Å². The van der Waals surface area contributed by atoms with Crippen LogP contribution in [0.4, 0.5) is 0 Å². The third kappa shape index (κ3) is 6.84. The minimum absolute atomic E-state index is 0.473. The van der Waals surface area contributed by atoms with Crippen LogP contribution in [-0.4, -0.2) is 49.0 Å². The molecule has 1 atom stereocenters. The lowest BCUT2D eigenvalue weighted by Gasteiger charge is -2.40. The van der Waals surface area contributed by atoms with Gasteiger partial charge in [-0.3, -0.25) is 0 Å². The van der Waals surface area contributed by atoms with Crippen LogP contribution in [0.3, 0.4) is 0 Å². The first-order chi connectivity index (χ1) is 11.5. The lowest BCUT2D eigenvalue weighted by molar-refractivity contribution is 0.374. The molecule has 0 radical (unpaired) electrons. The van der Waals surface area contributed by atoms with Crippen molar-refractivity contribution in [2.45, 2.75) is 51.9 Å². The normalized spacial score (nSPS) is 15.0. The van der Waals surface area contributed by atoms with Crippen LogP contribution in [0.1, 0.15) is 6.92 Å². The van der Waals surface area contributed by atoms with Gasteiger partial charge in [-0.2, -0.15) is 0 Å². The summed E-state index contributed by atoms with van der Waals surface area (Å²) in [4.78, 5) is 11.4. The summed E-state index contributed by atoms with van der Waals surface area (Å²) >= 11 is 0. The van der Waals surface area contributed by atoms with Crippen LogP contribution in [0.25, 0.3) is 0 Å². The highest BCUT2D eigenvalue weighted by molar-refractivity contribution is 7.00. The Balaban J connectivity index is 3.43. The van der Waals surface area contributed by atoms with Crippen LogP contribution in [0.15, 0.2) is 42.1 Å². The summed E-state index contributed by atoms with van der Waals surface area (Å²) in [5.41, 5.74) is 0.473. The molecule has 0 saturated heterocycles. The Bertz CT molecular complexity index is 543. The molecule has 0 fully saturated rings. The average molecular weight is 431 g/mol. The molecule has 1 rings (SSSR count). The predicted molar refractivity (Wildman–Crippen MR) is 119 cm³/mol. The average Bonchev–Trinajstić information content (AvgIpc) is 2.45. The summed E-state index contributed by atoms with van der Waals surface area (Å²) in [5, 5.41) is 1.85. The molecule has 0 saturated carbocycles. The highest BCUT2D eigenvalue weighted by atomic mass is 28.5. The highest BCUT2D eigenvalue weighted by Crippen LogP contribution is 2.28. The molecule has 9 heteroatoms. The maximum atomic E-state index is 11.4. The van der Waals surface area contributed by atoms with Crippen molar-refractivity contribution in [2.24, 2.45) is 0 Å². The zero-order chi connectivity index (χ0) is 19.3. The summed E-state index contributed by atoms with van der Waals surface area (Å²) in [6.45, 7) is 18.8. The molecule has 0 amide bonds. The molecule has 0 heterocycles. The fourth-order valence-corrected chi connectivity index (χ4v) is 23.1. The van der Waals surface area contributed by atoms with E-state index in [1.54, 1.807) is 0 Å². The van der Waals surface area contributed by atoms with Crippen molar-refractivity contribution >= 4 is 49.4 Å². The first-order valence-electron chi connectivity index (χ1n) is 8.98. The summed E-state index contributed by atoms with van der Waals surface area (Å²) in [6.07, 6.45) is 0. The number of rotatable bonds is 10. The van der Waals surface area contributed by atoms with Crippen LogP contribution in [0.2, 0.25) is 44.9 Å². The van der Waals surface area contributed by atoms with Crippen LogP contribution >= 0.6 is 0 Å². The molecule has 1 aromatic carbocycles. The van der Waals surface area contributed by atoms with Crippen molar-refractivity contribution in [3.63, 3.8) is 0 Å². The largest absolute Gasteiger partial charge is 0.436 e. The van der Waals surface area contributed by atoms with E-state index in [9.17, 15) is 4.80 Å². The summed E-state index contributed by atoms with van der Waals surface area (Å²) < 4.78 is 19.4. The van der Waals surface area contributed by atoms with Crippen molar-refractivity contribution in [3.05, 3.63) is 42.1 Å². The summed E-state index contributed by atoms with van der Waals surface area (Å²) in [6, 6.07) is 10.2. The van der Waals surface area contributed by atoms with Gasteiger partial charge >= 0.3 is 17.1 Å². The van der Waals surface area contributed by atoms with Gasteiger partial charge in [0.25, 0.3) is 0 Å². The van der Waals surface area contributed by atoms with E-state index in [0.717, 1.165) is 10.4 Å². The SMILES string of the molecule is C=C(C)[Si](O)(C[Si](O[SiH](C)C)(O[SiH](C)C)c1ccccc1)O[SiH](C)C. The summed E-state index contributed by atoms with van der Waals surface area (Å²) in [7, 11) is -10.1. The van der Waals surface area contributed by atoms with Crippen LogP contribution < -0.4 is 5.19 Å². The zero-order valence-electron chi connectivity index (χ0n) is 16.7. The van der Waals surface area contributed by atoms with Crippen LogP contribution in [0.5, 0.6) is 0 Å². The number of allylic oxidation sites excluding steroid dienone is 1. The minimum Gasteiger partial charge on any atom is -0.436 e. The van der Waals surface area contributed by atoms with E-state index in [0.29, 0.717) is 5.67 Å². The molecule has 1 unspecified atom stereocenters. The maximum Gasteiger partial charge on any atom is 0.356 e. The number of hydrogen-bond donors (Lipinski definition) is 1. The smallest absolute Gasteiger partial charge is 0.356 e. The molecule has 1 aromatic rings. The van der Waals surface area contributed by atoms with Gasteiger partial charge in [0.15, 0.2) is 27.1 Å². The van der Waals surface area contributed by atoms with Gasteiger partial charge in [0.1, 0.15) is 0 Å². The van der Waals surface area contributed by atoms with Gasteiger partial charge in [0.05, 0.1) is 0 Å². The second kappa shape index (κ2) is 9.71. The maximum absolute atomic E-state index is 11.4. The second-order valence-corrected chi connectivity index (χ2v) is 22.4. The van der Waals surface area contributed by atoms with Gasteiger partial charge in [-0.15, -0.1) is 0 Å². The van der Waals surface area contributed by atoms with Gasteiger partial charge in [-0.05, 0) is 56.6 Å². The number of hydrogen-bond acceptors (Lipinski definition) is 4. The molecule has 0 bridgehead atoms.